The third-order valence-electron chi connectivity index (χ3n) is 5.39. The summed E-state index contributed by atoms with van der Waals surface area (Å²) < 4.78 is 42.7. The molecule has 8 nitrogen and oxygen atoms in total. The smallest absolute Gasteiger partial charge is 0.232 e. The third-order valence-corrected chi connectivity index (χ3v) is 6.59. The first kappa shape index (κ1) is 23.7. The summed E-state index contributed by atoms with van der Waals surface area (Å²) in [6.07, 6.45) is 1.72. The molecule has 0 saturated carbocycles. The van der Waals surface area contributed by atoms with E-state index in [1.165, 1.54) is 4.31 Å². The molecule has 0 fully saturated rings. The summed E-state index contributed by atoms with van der Waals surface area (Å²) in [6.45, 7) is 1.77. The summed E-state index contributed by atoms with van der Waals surface area (Å²) in [5, 5.41) is 5.05. The number of hydrogen-bond acceptors (Lipinski definition) is 6. The second-order valence-corrected chi connectivity index (χ2v) is 9.88. The van der Waals surface area contributed by atoms with Crippen LogP contribution in [0.4, 0.5) is 5.69 Å². The van der Waals surface area contributed by atoms with Crippen molar-refractivity contribution in [2.45, 2.75) is 12.8 Å². The van der Waals surface area contributed by atoms with Crippen LogP contribution in [0.1, 0.15) is 12.8 Å². The van der Waals surface area contributed by atoms with Gasteiger partial charge >= 0.3 is 0 Å². The van der Waals surface area contributed by atoms with Gasteiger partial charge in [-0.1, -0.05) is 30.3 Å². The molecule has 1 aliphatic heterocycles. The summed E-state index contributed by atoms with van der Waals surface area (Å²) in [7, 11) is -3.52. The molecular formula is C25H28N2O6S. The monoisotopic (exact) mass is 484 g/mol. The van der Waals surface area contributed by atoms with Gasteiger partial charge < -0.3 is 19.5 Å². The molecule has 1 amide bonds. The zero-order valence-electron chi connectivity index (χ0n) is 19.0. The Hall–Kier alpha value is -3.46. The molecule has 0 spiro atoms. The fourth-order valence-corrected chi connectivity index (χ4v) is 4.72. The first-order valence-corrected chi connectivity index (χ1v) is 13.0. The predicted molar refractivity (Wildman–Crippen MR) is 131 cm³/mol. The zero-order valence-corrected chi connectivity index (χ0v) is 19.8. The number of carbonyl (C=O) groups excluding carboxylic acids is 1. The number of anilines is 1. The van der Waals surface area contributed by atoms with Gasteiger partial charge in [-0.2, -0.15) is 0 Å². The Morgan fingerprint density at radius 3 is 2.56 bits per heavy atom. The van der Waals surface area contributed by atoms with E-state index in [2.05, 4.69) is 5.32 Å². The molecule has 0 bridgehead atoms. The zero-order chi connectivity index (χ0) is 24.0. The highest BCUT2D eigenvalue weighted by Gasteiger charge is 2.21. The summed E-state index contributed by atoms with van der Waals surface area (Å²) in [6, 6.07) is 18.9. The van der Waals surface area contributed by atoms with Crippen molar-refractivity contribution in [2.75, 3.05) is 43.5 Å². The number of hydrogen-bond donors (Lipinski definition) is 1. The molecule has 0 unspecified atom stereocenters. The number of rotatable bonds is 10. The van der Waals surface area contributed by atoms with E-state index < -0.39 is 10.0 Å². The average molecular weight is 485 g/mol. The summed E-state index contributed by atoms with van der Waals surface area (Å²) >= 11 is 0. The van der Waals surface area contributed by atoms with Crippen LogP contribution in [0.3, 0.4) is 0 Å². The molecule has 0 aromatic heterocycles. The molecule has 3 aromatic carbocycles. The molecule has 0 aliphatic carbocycles. The molecule has 4 rings (SSSR count). The number of fused-ring (bicyclic) bond motifs is 2. The molecule has 0 saturated heterocycles. The standard InChI is InChI=1S/C25H28N2O6S/c1-34(29,30)27(21-9-11-23-24(18-21)33-16-15-32-23)13-4-7-25(28)26-12-14-31-22-10-8-19-5-2-3-6-20(19)17-22/h2-3,5-6,8-11,17-18H,4,7,12-16H2,1H3,(H,26,28). The Morgan fingerprint density at radius 1 is 1.00 bits per heavy atom. The quantitative estimate of drug-likeness (QED) is 0.444. The lowest BCUT2D eigenvalue weighted by Crippen LogP contribution is -2.33. The van der Waals surface area contributed by atoms with Crippen LogP contribution in [0.5, 0.6) is 17.2 Å². The number of carbonyl (C=O) groups is 1. The highest BCUT2D eigenvalue weighted by molar-refractivity contribution is 7.92. The van der Waals surface area contributed by atoms with Gasteiger partial charge in [0.1, 0.15) is 25.6 Å². The van der Waals surface area contributed by atoms with E-state index in [1.807, 2.05) is 42.5 Å². The molecule has 1 heterocycles. The van der Waals surface area contributed by atoms with Crippen molar-refractivity contribution in [3.05, 3.63) is 60.7 Å². The maximum absolute atomic E-state index is 12.3. The summed E-state index contributed by atoms with van der Waals surface area (Å²) in [5.41, 5.74) is 0.482. The van der Waals surface area contributed by atoms with Crippen molar-refractivity contribution in [1.29, 1.82) is 0 Å². The van der Waals surface area contributed by atoms with Crippen LogP contribution < -0.4 is 23.8 Å². The van der Waals surface area contributed by atoms with Crippen LogP contribution in [0.15, 0.2) is 60.7 Å². The van der Waals surface area contributed by atoms with Crippen molar-refractivity contribution >= 4 is 32.4 Å². The van der Waals surface area contributed by atoms with E-state index in [0.717, 1.165) is 22.8 Å². The minimum Gasteiger partial charge on any atom is -0.492 e. The van der Waals surface area contributed by atoms with Gasteiger partial charge in [0.15, 0.2) is 11.5 Å². The first-order valence-electron chi connectivity index (χ1n) is 11.2. The van der Waals surface area contributed by atoms with E-state index in [-0.39, 0.29) is 18.9 Å². The maximum atomic E-state index is 12.3. The lowest BCUT2D eigenvalue weighted by molar-refractivity contribution is -0.121. The number of sulfonamides is 1. The van der Waals surface area contributed by atoms with Crippen LogP contribution >= 0.6 is 0 Å². The van der Waals surface area contributed by atoms with Gasteiger partial charge in [0.25, 0.3) is 0 Å². The Labute approximate surface area is 199 Å². The molecule has 34 heavy (non-hydrogen) atoms. The molecule has 180 valence electrons. The minimum absolute atomic E-state index is 0.155. The molecule has 1 N–H and O–H groups in total. The average Bonchev–Trinajstić information content (AvgIpc) is 2.83. The van der Waals surface area contributed by atoms with E-state index in [9.17, 15) is 13.2 Å². The summed E-state index contributed by atoms with van der Waals surface area (Å²) in [4.78, 5) is 12.2. The SMILES string of the molecule is CS(=O)(=O)N(CCCC(=O)NCCOc1ccc2ccccc2c1)c1ccc2c(c1)OCCO2. The van der Waals surface area contributed by atoms with Crippen LogP contribution in [0.2, 0.25) is 0 Å². The lowest BCUT2D eigenvalue weighted by atomic mass is 10.1. The lowest BCUT2D eigenvalue weighted by Gasteiger charge is -2.25. The predicted octanol–water partition coefficient (Wildman–Crippen LogP) is 3.35. The summed E-state index contributed by atoms with van der Waals surface area (Å²) in [5.74, 6) is 1.70. The van der Waals surface area contributed by atoms with Crippen molar-refractivity contribution in [2.24, 2.45) is 0 Å². The number of benzene rings is 3. The fourth-order valence-electron chi connectivity index (χ4n) is 3.76. The van der Waals surface area contributed by atoms with Gasteiger partial charge in [0.2, 0.25) is 15.9 Å². The van der Waals surface area contributed by atoms with Crippen molar-refractivity contribution in [3.8, 4) is 17.2 Å². The van der Waals surface area contributed by atoms with Gasteiger partial charge in [0.05, 0.1) is 18.5 Å². The van der Waals surface area contributed by atoms with Gasteiger partial charge in [-0.3, -0.25) is 9.10 Å². The van der Waals surface area contributed by atoms with E-state index in [4.69, 9.17) is 14.2 Å². The van der Waals surface area contributed by atoms with E-state index in [1.54, 1.807) is 18.2 Å². The van der Waals surface area contributed by atoms with Gasteiger partial charge in [-0.15, -0.1) is 0 Å². The molecule has 9 heteroatoms. The minimum atomic E-state index is -3.52. The first-order chi connectivity index (χ1) is 16.4. The second-order valence-electron chi connectivity index (χ2n) is 7.97. The third kappa shape index (κ3) is 6.11. The maximum Gasteiger partial charge on any atom is 0.232 e. The number of nitrogens with zero attached hydrogens (tertiary/aromatic N) is 1. The van der Waals surface area contributed by atoms with E-state index in [0.29, 0.717) is 50.0 Å². The van der Waals surface area contributed by atoms with Crippen LogP contribution in [0, 0.1) is 0 Å². The van der Waals surface area contributed by atoms with Crippen molar-refractivity contribution in [3.63, 3.8) is 0 Å². The Balaban J connectivity index is 1.23. The number of amides is 1. The van der Waals surface area contributed by atoms with Gasteiger partial charge in [-0.05, 0) is 41.5 Å². The largest absolute Gasteiger partial charge is 0.492 e. The Bertz CT molecular complexity index is 1260. The molecule has 3 aromatic rings. The highest BCUT2D eigenvalue weighted by atomic mass is 32.2. The highest BCUT2D eigenvalue weighted by Crippen LogP contribution is 2.34. The fraction of sp³-hybridized carbons (Fsp3) is 0.320. The van der Waals surface area contributed by atoms with Crippen LogP contribution in [-0.2, 0) is 14.8 Å². The molecular weight excluding hydrogens is 456 g/mol. The second kappa shape index (κ2) is 10.6. The normalized spacial score (nSPS) is 12.9. The van der Waals surface area contributed by atoms with Crippen LogP contribution in [0.25, 0.3) is 10.8 Å². The molecule has 0 radical (unpaired) electrons. The van der Waals surface area contributed by atoms with Crippen molar-refractivity contribution in [1.82, 2.24) is 5.32 Å². The number of nitrogens with one attached hydrogen (secondary N) is 1. The Morgan fingerprint density at radius 2 is 1.76 bits per heavy atom. The van der Waals surface area contributed by atoms with Gasteiger partial charge in [0, 0.05) is 19.0 Å². The van der Waals surface area contributed by atoms with Crippen molar-refractivity contribution < 1.29 is 27.4 Å². The molecule has 0 atom stereocenters. The topological polar surface area (TPSA) is 94.2 Å². The number of ether oxygens (including phenoxy) is 3. The van der Waals surface area contributed by atoms with Gasteiger partial charge in [-0.25, -0.2) is 8.42 Å². The van der Waals surface area contributed by atoms with Crippen LogP contribution in [-0.4, -0.2) is 53.5 Å². The Kier molecular flexibility index (Phi) is 7.42. The van der Waals surface area contributed by atoms with E-state index >= 15 is 0 Å². The molecule has 1 aliphatic rings.